The van der Waals surface area contributed by atoms with Crippen LogP contribution in [0.4, 0.5) is 0 Å². The molecule has 0 aromatic carbocycles. The Morgan fingerprint density at radius 1 is 1.25 bits per heavy atom. The van der Waals surface area contributed by atoms with E-state index in [1.54, 1.807) is 0 Å². The molecule has 0 aromatic rings. The van der Waals surface area contributed by atoms with Crippen LogP contribution in [0.1, 0.15) is 32.6 Å². The van der Waals surface area contributed by atoms with Crippen LogP contribution in [0.15, 0.2) is 0 Å². The van der Waals surface area contributed by atoms with Crippen molar-refractivity contribution in [3.8, 4) is 0 Å². The predicted octanol–water partition coefficient (Wildman–Crippen LogP) is 2.12. The molecule has 1 heteroatoms. The Morgan fingerprint density at radius 3 is 2.50 bits per heavy atom. The van der Waals surface area contributed by atoms with Gasteiger partial charge in [-0.1, -0.05) is 0 Å². The molecule has 0 atom stereocenters. The molecule has 0 unspecified atom stereocenters. The summed E-state index contributed by atoms with van der Waals surface area (Å²) in [6.07, 6.45) is 6.62. The van der Waals surface area contributed by atoms with Gasteiger partial charge in [-0.05, 0) is 0 Å². The Hall–Kier alpha value is -0.0651. The summed E-state index contributed by atoms with van der Waals surface area (Å²) in [5.74, 6) is 0. The summed E-state index contributed by atoms with van der Waals surface area (Å²) < 4.78 is 0. The molecule has 0 aromatic heterocycles. The maximum absolute atomic E-state index is 3.66. The van der Waals surface area contributed by atoms with E-state index in [2.05, 4.69) is 13.4 Å². The molecular formula is C7H15B. The first-order valence-corrected chi connectivity index (χ1v) is 3.52. The van der Waals surface area contributed by atoms with Crippen LogP contribution in [-0.2, 0) is 0 Å². The van der Waals surface area contributed by atoms with E-state index in [-0.39, 0.29) is 0 Å². The van der Waals surface area contributed by atoms with Crippen molar-refractivity contribution < 1.29 is 0 Å². The Bertz CT molecular complexity index is 50.3. The first kappa shape index (κ1) is 7.93. The first-order valence-electron chi connectivity index (χ1n) is 3.52. The van der Waals surface area contributed by atoms with Crippen LogP contribution in [0.3, 0.4) is 0 Å². The third kappa shape index (κ3) is 5.93. The molecule has 0 amide bonds. The molecule has 0 fully saturated rings. The van der Waals surface area contributed by atoms with Gasteiger partial charge in [0.2, 0.25) is 0 Å². The predicted molar refractivity (Wildman–Crippen MR) is 41.8 cm³/mol. The second-order valence-corrected chi connectivity index (χ2v) is 2.14. The fraction of sp³-hybridized carbons (Fsp3) is 0.857. The number of unbranched alkanes of at least 4 members (excludes halogenated alkanes) is 3. The average Bonchev–Trinajstić information content (AvgIpc) is 1.81. The zero-order valence-electron chi connectivity index (χ0n) is 5.82. The van der Waals surface area contributed by atoms with Gasteiger partial charge in [0, 0.05) is 0 Å². The molecule has 0 aliphatic rings. The minimum absolute atomic E-state index is 1.19. The minimum atomic E-state index is 1.19. The Kier molecular flexibility index (Phi) is 6.88. The van der Waals surface area contributed by atoms with Crippen molar-refractivity contribution in [3.05, 3.63) is 0 Å². The van der Waals surface area contributed by atoms with Gasteiger partial charge in [0.15, 0.2) is 0 Å². The van der Waals surface area contributed by atoms with Gasteiger partial charge in [-0.25, -0.2) is 0 Å². The van der Waals surface area contributed by atoms with Crippen LogP contribution in [-0.4, -0.2) is 13.4 Å². The van der Waals surface area contributed by atoms with Crippen LogP contribution in [0, 0.1) is 0 Å². The monoisotopic (exact) mass is 110 g/mol. The Balaban J connectivity index is 2.62. The van der Waals surface area contributed by atoms with E-state index < -0.39 is 0 Å². The van der Waals surface area contributed by atoms with Gasteiger partial charge in [0.05, 0.1) is 0 Å². The molecule has 0 spiro atoms. The standard InChI is InChI=1S/C7H15B/c1-3-4-5-6-7-8-2/h2-7H2,1H3. The summed E-state index contributed by atoms with van der Waals surface area (Å²) in [7, 11) is 0. The van der Waals surface area contributed by atoms with Gasteiger partial charge in [-0.15, -0.1) is 0 Å². The third-order valence-corrected chi connectivity index (χ3v) is 1.26. The van der Waals surface area contributed by atoms with Crippen LogP contribution >= 0.6 is 0 Å². The molecule has 8 heavy (non-hydrogen) atoms. The SMILES string of the molecule is C=BCCCCCC. The van der Waals surface area contributed by atoms with Gasteiger partial charge >= 0.3 is 52.3 Å². The average molecular weight is 110 g/mol. The Morgan fingerprint density at radius 2 is 2.00 bits per heavy atom. The molecule has 0 nitrogen and oxygen atoms in total. The van der Waals surface area contributed by atoms with Crippen molar-refractivity contribution in [1.82, 2.24) is 0 Å². The van der Waals surface area contributed by atoms with Crippen molar-refractivity contribution in [2.24, 2.45) is 0 Å². The van der Waals surface area contributed by atoms with Gasteiger partial charge in [-0.2, -0.15) is 0 Å². The van der Waals surface area contributed by atoms with E-state index in [1.807, 2.05) is 6.92 Å². The second-order valence-electron chi connectivity index (χ2n) is 2.14. The van der Waals surface area contributed by atoms with Crippen molar-refractivity contribution >= 4 is 13.4 Å². The molecule has 0 N–H and O–H groups in total. The number of rotatable bonds is 5. The van der Waals surface area contributed by atoms with Crippen LogP contribution < -0.4 is 0 Å². The van der Waals surface area contributed by atoms with Crippen molar-refractivity contribution in [2.45, 2.75) is 38.9 Å². The van der Waals surface area contributed by atoms with Gasteiger partial charge < -0.3 is 0 Å². The topological polar surface area (TPSA) is 0 Å². The van der Waals surface area contributed by atoms with Gasteiger partial charge in [0.25, 0.3) is 0 Å². The summed E-state index contributed by atoms with van der Waals surface area (Å²) >= 11 is 0. The molecule has 0 bridgehead atoms. The fourth-order valence-electron chi connectivity index (χ4n) is 0.715. The maximum atomic E-state index is 3.66. The molecule has 0 heterocycles. The molecule has 0 radical (unpaired) electrons. The molecule has 0 rings (SSSR count). The molecular weight excluding hydrogens is 94.9 g/mol. The van der Waals surface area contributed by atoms with E-state index >= 15 is 0 Å². The van der Waals surface area contributed by atoms with Crippen molar-refractivity contribution in [1.29, 1.82) is 0 Å². The van der Waals surface area contributed by atoms with E-state index in [9.17, 15) is 0 Å². The molecule has 0 saturated carbocycles. The van der Waals surface area contributed by atoms with E-state index in [1.165, 1.54) is 32.0 Å². The second kappa shape index (κ2) is 6.93. The third-order valence-electron chi connectivity index (χ3n) is 1.26. The summed E-state index contributed by atoms with van der Waals surface area (Å²) in [5, 5.41) is 0. The normalized spacial score (nSPS) is 8.62. The molecule has 0 aliphatic heterocycles. The summed E-state index contributed by atoms with van der Waals surface area (Å²) in [4.78, 5) is 0. The zero-order valence-corrected chi connectivity index (χ0v) is 5.82. The summed E-state index contributed by atoms with van der Waals surface area (Å²) in [5.41, 5.74) is 0. The van der Waals surface area contributed by atoms with Crippen LogP contribution in [0.5, 0.6) is 0 Å². The number of hydrogen-bond acceptors (Lipinski definition) is 0. The molecule has 0 saturated heterocycles. The van der Waals surface area contributed by atoms with Crippen LogP contribution in [0.2, 0.25) is 6.32 Å². The van der Waals surface area contributed by atoms with Gasteiger partial charge in [-0.3, -0.25) is 0 Å². The summed E-state index contributed by atoms with van der Waals surface area (Å²) in [6.45, 7) is 7.88. The van der Waals surface area contributed by atoms with Crippen molar-refractivity contribution in [2.75, 3.05) is 0 Å². The number of hydrogen-bond donors (Lipinski definition) is 0. The Labute approximate surface area is 53.2 Å². The molecule has 0 aliphatic carbocycles. The molecule has 46 valence electrons. The zero-order chi connectivity index (χ0) is 6.24. The van der Waals surface area contributed by atoms with Crippen molar-refractivity contribution in [3.63, 3.8) is 0 Å². The quantitative estimate of drug-likeness (QED) is 0.375. The first-order chi connectivity index (χ1) is 3.91. The summed E-state index contributed by atoms with van der Waals surface area (Å²) in [6, 6.07) is 0. The van der Waals surface area contributed by atoms with E-state index in [0.29, 0.717) is 0 Å². The van der Waals surface area contributed by atoms with E-state index in [0.717, 1.165) is 0 Å². The van der Waals surface area contributed by atoms with E-state index in [4.69, 9.17) is 0 Å². The fourth-order valence-corrected chi connectivity index (χ4v) is 0.715. The van der Waals surface area contributed by atoms with Gasteiger partial charge in [0.1, 0.15) is 0 Å². The van der Waals surface area contributed by atoms with Crippen LogP contribution in [0.25, 0.3) is 0 Å².